The van der Waals surface area contributed by atoms with Gasteiger partial charge in [-0.1, -0.05) is 211 Å². The molecule has 2 heterocycles. The molecule has 2 fully saturated rings. The van der Waals surface area contributed by atoms with Crippen molar-refractivity contribution < 1.29 is 33.4 Å². The zero-order valence-electron chi connectivity index (χ0n) is 53.3. The minimum Gasteiger partial charge on any atom is -0.465 e. The van der Waals surface area contributed by atoms with Gasteiger partial charge in [0.2, 0.25) is 0 Å². The summed E-state index contributed by atoms with van der Waals surface area (Å²) < 4.78 is 16.7. The number of unbranched alkanes of at least 4 members (excludes halogenated alkanes) is 22. The highest BCUT2D eigenvalue weighted by Gasteiger charge is 2.21. The minimum absolute atomic E-state index is 0.119. The van der Waals surface area contributed by atoms with Crippen LogP contribution in [0.3, 0.4) is 0 Å². The number of nitrogens with zero attached hydrogens (tertiary/aromatic N) is 2. The molecule has 4 rings (SSSR count). The van der Waals surface area contributed by atoms with Gasteiger partial charge in [0.25, 0.3) is 0 Å². The number of Topliss-reactive ketones (excluding diaryl/α,β-unsaturated/α-hetero) is 1. The molecule has 2 saturated heterocycles. The second-order valence-corrected chi connectivity index (χ2v) is 27.3. The summed E-state index contributed by atoms with van der Waals surface area (Å²) in [7, 11) is 4.03. The number of hydrogen-bond donors (Lipinski definition) is 0. The van der Waals surface area contributed by atoms with Gasteiger partial charge in [-0.25, -0.2) is 0 Å². The van der Waals surface area contributed by atoms with Gasteiger partial charge in [-0.05, 0) is 169 Å². The highest BCUT2D eigenvalue weighted by atomic mass is 33.1. The smallest absolute Gasteiger partial charge is 0.310 e. The van der Waals surface area contributed by atoms with Gasteiger partial charge in [0.05, 0.1) is 13.0 Å². The van der Waals surface area contributed by atoms with Gasteiger partial charge in [-0.15, -0.1) is 0 Å². The van der Waals surface area contributed by atoms with E-state index < -0.39 is 0 Å². The summed E-state index contributed by atoms with van der Waals surface area (Å²) in [5.41, 5.74) is 3.86. The Balaban J connectivity index is 0.878. The highest BCUT2D eigenvalue weighted by molar-refractivity contribution is 8.76. The molecule has 2 aromatic carbocycles. The SMILES string of the molecule is CCCCCCCC/C=C\CCCCCCCC(=O)OCc1ccc(CC(=O)CCCC2CCN(CCSSCCN3CCC(CCOC(=O)Cc4ccc(COC(=O)CCCCCCC/C=C\CCCCCCCC)cc4)CC3)CC2)cc1. The molecule has 2 aliphatic heterocycles. The summed E-state index contributed by atoms with van der Waals surface area (Å²) in [6.45, 7) is 12.5. The molecule has 9 nitrogen and oxygen atoms in total. The Morgan fingerprint density at radius 1 is 0.417 bits per heavy atom. The van der Waals surface area contributed by atoms with Crippen LogP contribution in [0.5, 0.6) is 0 Å². The fourth-order valence-electron chi connectivity index (χ4n) is 11.6. The van der Waals surface area contributed by atoms with E-state index >= 15 is 0 Å². The van der Waals surface area contributed by atoms with Crippen molar-refractivity contribution >= 4 is 45.3 Å². The monoisotopic (exact) mass is 1200 g/mol. The normalized spacial score (nSPS) is 14.7. The molecule has 0 aliphatic carbocycles. The van der Waals surface area contributed by atoms with Crippen molar-refractivity contribution in [3.05, 3.63) is 95.1 Å². The number of ketones is 1. The zero-order valence-corrected chi connectivity index (χ0v) is 54.9. The molecule has 2 aromatic rings. The maximum absolute atomic E-state index is 12.9. The van der Waals surface area contributed by atoms with E-state index in [1.54, 1.807) is 0 Å². The summed E-state index contributed by atoms with van der Waals surface area (Å²) in [6, 6.07) is 15.8. The fraction of sp³-hybridized carbons (Fsp3) is 0.726. The number of likely N-dealkylation sites (tertiary alicyclic amines) is 2. The highest BCUT2D eigenvalue weighted by Crippen LogP contribution is 2.27. The lowest BCUT2D eigenvalue weighted by Crippen LogP contribution is -2.35. The second-order valence-electron chi connectivity index (χ2n) is 24.6. The molecule has 0 unspecified atom stereocenters. The molecular weight excluding hydrogens is 1080 g/mol. The van der Waals surface area contributed by atoms with Crippen LogP contribution < -0.4 is 0 Å². The third-order valence-corrected chi connectivity index (χ3v) is 19.6. The van der Waals surface area contributed by atoms with E-state index in [-0.39, 0.29) is 30.9 Å². The standard InChI is InChI=1S/C73H118N2O7S2/c1-3-5-7-9-11-13-15-17-19-21-23-25-27-29-31-36-71(77)81-62-68-42-38-66(39-43-68)60-70(76)35-33-34-64-46-51-74(52-47-64)55-58-83-84-59-56-75-53-48-65(49-54-75)50-57-80-73(79)61-67-40-44-69(45-41-67)63-82-72(78)37-32-30-28-26-24-22-20-18-16-14-12-10-8-6-4-2/h17-20,38-45,64-65H,3-16,21-37,46-63H2,1-2H3/b19-17-,20-18-. The Kier molecular flexibility index (Phi) is 44.0. The molecule has 0 bridgehead atoms. The Hall–Kier alpha value is -3.38. The van der Waals surface area contributed by atoms with Crippen molar-refractivity contribution in [1.82, 2.24) is 9.80 Å². The Morgan fingerprint density at radius 2 is 0.786 bits per heavy atom. The number of allylic oxidation sites excluding steroid dienone is 4. The number of carbonyl (C=O) groups excluding carboxylic acids is 4. The largest absolute Gasteiger partial charge is 0.465 e. The molecule has 0 N–H and O–H groups in total. The fourth-order valence-corrected chi connectivity index (χ4v) is 13.6. The van der Waals surface area contributed by atoms with Crippen LogP contribution in [-0.2, 0) is 59.4 Å². The molecule has 0 saturated carbocycles. The molecular formula is C73H118N2O7S2. The van der Waals surface area contributed by atoms with Crippen LogP contribution >= 0.6 is 21.6 Å². The van der Waals surface area contributed by atoms with Crippen LogP contribution in [0.25, 0.3) is 0 Å². The maximum atomic E-state index is 12.9. The third kappa shape index (κ3) is 39.4. The molecule has 11 heteroatoms. The van der Waals surface area contributed by atoms with Crippen molar-refractivity contribution in [1.29, 1.82) is 0 Å². The van der Waals surface area contributed by atoms with E-state index in [1.807, 2.05) is 70.1 Å². The predicted molar refractivity (Wildman–Crippen MR) is 356 cm³/mol. The first-order valence-corrected chi connectivity index (χ1v) is 36.9. The first-order chi connectivity index (χ1) is 41.3. The Labute approximate surface area is 521 Å². The van der Waals surface area contributed by atoms with Gasteiger partial charge in [0.15, 0.2) is 0 Å². The number of ether oxygens (including phenoxy) is 3. The first-order valence-electron chi connectivity index (χ1n) is 34.4. The summed E-state index contributed by atoms with van der Waals surface area (Å²) in [4.78, 5) is 55.4. The lowest BCUT2D eigenvalue weighted by atomic mass is 9.91. The quantitative estimate of drug-likeness (QED) is 0.0208. The number of hydrogen-bond acceptors (Lipinski definition) is 11. The summed E-state index contributed by atoms with van der Waals surface area (Å²) in [5.74, 6) is 3.53. The summed E-state index contributed by atoms with van der Waals surface area (Å²) in [5, 5.41) is 0. The third-order valence-electron chi connectivity index (χ3n) is 17.2. The van der Waals surface area contributed by atoms with Gasteiger partial charge >= 0.3 is 17.9 Å². The van der Waals surface area contributed by atoms with Crippen molar-refractivity contribution in [3.8, 4) is 0 Å². The average molecular weight is 1200 g/mol. The predicted octanol–water partition coefficient (Wildman–Crippen LogP) is 19.1. The molecule has 0 amide bonds. The molecule has 0 atom stereocenters. The van der Waals surface area contributed by atoms with E-state index in [0.717, 1.165) is 111 Å². The Morgan fingerprint density at radius 3 is 1.21 bits per heavy atom. The van der Waals surface area contributed by atoms with Crippen molar-refractivity contribution in [3.63, 3.8) is 0 Å². The average Bonchev–Trinajstić information content (AvgIpc) is 3.61. The van der Waals surface area contributed by atoms with Crippen LogP contribution in [0.1, 0.15) is 267 Å². The van der Waals surface area contributed by atoms with Gasteiger partial charge < -0.3 is 24.0 Å². The van der Waals surface area contributed by atoms with Crippen LogP contribution in [0, 0.1) is 11.8 Å². The number of piperidine rings is 2. The van der Waals surface area contributed by atoms with Crippen molar-refractivity contribution in [2.45, 2.75) is 271 Å². The molecule has 474 valence electrons. The number of rotatable bonds is 52. The van der Waals surface area contributed by atoms with Crippen LogP contribution in [0.2, 0.25) is 0 Å². The van der Waals surface area contributed by atoms with E-state index in [4.69, 9.17) is 14.2 Å². The topological polar surface area (TPSA) is 102 Å². The summed E-state index contributed by atoms with van der Waals surface area (Å²) in [6.07, 6.45) is 51.9. The van der Waals surface area contributed by atoms with Crippen LogP contribution in [0.4, 0.5) is 0 Å². The van der Waals surface area contributed by atoms with Gasteiger partial charge in [0.1, 0.15) is 19.0 Å². The summed E-state index contributed by atoms with van der Waals surface area (Å²) >= 11 is 0. The number of esters is 3. The van der Waals surface area contributed by atoms with Crippen LogP contribution in [-0.4, -0.2) is 90.9 Å². The minimum atomic E-state index is -0.182. The molecule has 0 aromatic heterocycles. The van der Waals surface area contributed by atoms with E-state index in [1.165, 1.54) is 180 Å². The molecule has 2 aliphatic rings. The van der Waals surface area contributed by atoms with E-state index in [2.05, 4.69) is 48.0 Å². The molecule has 84 heavy (non-hydrogen) atoms. The van der Waals surface area contributed by atoms with Gasteiger partial charge in [0, 0.05) is 50.3 Å². The molecule has 0 spiro atoms. The Bertz CT molecular complexity index is 1870. The molecule has 0 radical (unpaired) electrons. The second kappa shape index (κ2) is 50.6. The van der Waals surface area contributed by atoms with Gasteiger partial charge in [-0.2, -0.15) is 0 Å². The zero-order chi connectivity index (χ0) is 59.6. The lowest BCUT2D eigenvalue weighted by Gasteiger charge is -2.32. The van der Waals surface area contributed by atoms with Crippen molar-refractivity contribution in [2.24, 2.45) is 11.8 Å². The number of carbonyl (C=O) groups is 4. The van der Waals surface area contributed by atoms with Gasteiger partial charge in [-0.3, -0.25) is 19.2 Å². The lowest BCUT2D eigenvalue weighted by molar-refractivity contribution is -0.146. The maximum Gasteiger partial charge on any atom is 0.310 e. The van der Waals surface area contributed by atoms with Crippen molar-refractivity contribution in [2.75, 3.05) is 57.4 Å². The van der Waals surface area contributed by atoms with E-state index in [0.29, 0.717) is 50.6 Å². The first kappa shape index (κ1) is 73.1. The van der Waals surface area contributed by atoms with E-state index in [9.17, 15) is 19.2 Å². The number of benzene rings is 2. The van der Waals surface area contributed by atoms with Crippen LogP contribution in [0.15, 0.2) is 72.8 Å².